The molecular formula is C14H24N4O2. The van der Waals surface area contributed by atoms with E-state index in [0.29, 0.717) is 18.8 Å². The van der Waals surface area contributed by atoms with E-state index in [1.54, 1.807) is 22.9 Å². The lowest BCUT2D eigenvalue weighted by atomic mass is 10.00. The van der Waals surface area contributed by atoms with Crippen LogP contribution >= 0.6 is 0 Å². The lowest BCUT2D eigenvalue weighted by molar-refractivity contribution is 0.183. The third-order valence-electron chi connectivity index (χ3n) is 4.36. The molecule has 2 amide bonds. The lowest BCUT2D eigenvalue weighted by Crippen LogP contribution is -2.42. The highest BCUT2D eigenvalue weighted by molar-refractivity contribution is 5.89. The first-order chi connectivity index (χ1) is 9.46. The summed E-state index contributed by atoms with van der Waals surface area (Å²) in [4.78, 5) is 14.0. The van der Waals surface area contributed by atoms with Gasteiger partial charge in [0.05, 0.1) is 25.0 Å². The molecule has 1 fully saturated rings. The van der Waals surface area contributed by atoms with Gasteiger partial charge in [-0.3, -0.25) is 4.68 Å². The van der Waals surface area contributed by atoms with E-state index in [-0.39, 0.29) is 17.5 Å². The average molecular weight is 280 g/mol. The van der Waals surface area contributed by atoms with Crippen molar-refractivity contribution < 1.29 is 9.53 Å². The van der Waals surface area contributed by atoms with Gasteiger partial charge in [0.1, 0.15) is 0 Å². The molecule has 0 unspecified atom stereocenters. The Bertz CT molecular complexity index is 467. The average Bonchev–Trinajstić information content (AvgIpc) is 3.03. The second-order valence-corrected chi connectivity index (χ2v) is 5.86. The number of ether oxygens (including phenoxy) is 1. The molecule has 6 heteroatoms. The number of carbonyl (C=O) groups is 1. The highest BCUT2D eigenvalue weighted by atomic mass is 16.5. The summed E-state index contributed by atoms with van der Waals surface area (Å²) >= 11 is 0. The summed E-state index contributed by atoms with van der Waals surface area (Å²) in [7, 11) is 3.50. The molecule has 1 aliphatic carbocycles. The Kier molecular flexibility index (Phi) is 4.32. The van der Waals surface area contributed by atoms with Crippen molar-refractivity contribution in [3.63, 3.8) is 0 Å². The molecule has 1 atom stereocenters. The maximum Gasteiger partial charge on any atom is 0.321 e. The van der Waals surface area contributed by atoms with Gasteiger partial charge in [0.25, 0.3) is 0 Å². The third kappa shape index (κ3) is 3.30. The van der Waals surface area contributed by atoms with E-state index in [4.69, 9.17) is 4.74 Å². The molecule has 0 aromatic carbocycles. The first kappa shape index (κ1) is 14.8. The minimum Gasteiger partial charge on any atom is -0.383 e. The molecule has 1 saturated carbocycles. The van der Waals surface area contributed by atoms with Gasteiger partial charge in [0.2, 0.25) is 0 Å². The SMILES string of the molecule is COCCn1cc(NC(=O)N(C)[C@H](C)C2(C)CC2)cn1. The van der Waals surface area contributed by atoms with Crippen molar-refractivity contribution in [3.05, 3.63) is 12.4 Å². The fraction of sp³-hybridized carbons (Fsp3) is 0.714. The van der Waals surface area contributed by atoms with E-state index in [1.165, 1.54) is 12.8 Å². The van der Waals surface area contributed by atoms with Crippen LogP contribution in [0.15, 0.2) is 12.4 Å². The van der Waals surface area contributed by atoms with Gasteiger partial charge in [-0.15, -0.1) is 0 Å². The number of nitrogens with zero attached hydrogens (tertiary/aromatic N) is 3. The maximum atomic E-state index is 12.2. The Balaban J connectivity index is 1.88. The van der Waals surface area contributed by atoms with E-state index in [2.05, 4.69) is 24.3 Å². The summed E-state index contributed by atoms with van der Waals surface area (Å²) in [6, 6.07) is 0.156. The van der Waals surface area contributed by atoms with Crippen LogP contribution < -0.4 is 5.32 Å². The standard InChI is InChI=1S/C14H24N4O2/c1-11(14(2)5-6-14)17(3)13(19)16-12-9-15-18(10-12)7-8-20-4/h9-11H,5-8H2,1-4H3,(H,16,19)/t11-/m1/s1. The van der Waals surface area contributed by atoms with Gasteiger partial charge in [0, 0.05) is 26.4 Å². The zero-order chi connectivity index (χ0) is 14.8. The monoisotopic (exact) mass is 280 g/mol. The number of carbonyl (C=O) groups excluding carboxylic acids is 1. The summed E-state index contributed by atoms with van der Waals surface area (Å²) in [5, 5.41) is 7.06. The van der Waals surface area contributed by atoms with Crippen LogP contribution in [0.5, 0.6) is 0 Å². The molecule has 1 N–H and O–H groups in total. The van der Waals surface area contributed by atoms with Crippen LogP contribution in [0.1, 0.15) is 26.7 Å². The van der Waals surface area contributed by atoms with Crippen LogP contribution in [0.3, 0.4) is 0 Å². The van der Waals surface area contributed by atoms with E-state index in [0.717, 1.165) is 0 Å². The number of anilines is 1. The van der Waals surface area contributed by atoms with Crippen LogP contribution in [0.4, 0.5) is 10.5 Å². The van der Waals surface area contributed by atoms with Gasteiger partial charge in [-0.1, -0.05) is 6.92 Å². The van der Waals surface area contributed by atoms with Gasteiger partial charge >= 0.3 is 6.03 Å². The van der Waals surface area contributed by atoms with Crippen molar-refractivity contribution in [2.45, 2.75) is 39.3 Å². The largest absolute Gasteiger partial charge is 0.383 e. The van der Waals surface area contributed by atoms with Gasteiger partial charge in [-0.05, 0) is 25.2 Å². The van der Waals surface area contributed by atoms with Crippen molar-refractivity contribution in [2.24, 2.45) is 5.41 Å². The second-order valence-electron chi connectivity index (χ2n) is 5.86. The van der Waals surface area contributed by atoms with E-state index >= 15 is 0 Å². The molecule has 1 aromatic rings. The normalized spacial score (nSPS) is 17.6. The fourth-order valence-electron chi connectivity index (χ4n) is 2.21. The second kappa shape index (κ2) is 5.83. The molecule has 1 aromatic heterocycles. The first-order valence-electron chi connectivity index (χ1n) is 7.01. The summed E-state index contributed by atoms with van der Waals surface area (Å²) in [5.41, 5.74) is 1.00. The quantitative estimate of drug-likeness (QED) is 0.869. The lowest BCUT2D eigenvalue weighted by Gasteiger charge is -2.29. The Labute approximate surface area is 120 Å². The van der Waals surface area contributed by atoms with Crippen LogP contribution in [0.2, 0.25) is 0 Å². The number of hydrogen-bond acceptors (Lipinski definition) is 3. The maximum absolute atomic E-state index is 12.2. The van der Waals surface area contributed by atoms with E-state index in [9.17, 15) is 4.79 Å². The van der Waals surface area contributed by atoms with Gasteiger partial charge in [-0.25, -0.2) is 4.79 Å². The molecule has 1 heterocycles. The number of methoxy groups -OCH3 is 1. The highest BCUT2D eigenvalue weighted by Crippen LogP contribution is 2.49. The topological polar surface area (TPSA) is 59.4 Å². The predicted molar refractivity (Wildman–Crippen MR) is 77.7 cm³/mol. The van der Waals surface area contributed by atoms with Gasteiger partial charge in [-0.2, -0.15) is 5.10 Å². The minimum atomic E-state index is -0.0862. The number of amides is 2. The molecule has 6 nitrogen and oxygen atoms in total. The molecule has 0 aliphatic heterocycles. The van der Waals surface area contributed by atoms with Crippen LogP contribution in [-0.4, -0.2) is 47.5 Å². The van der Waals surface area contributed by atoms with Crippen molar-refractivity contribution >= 4 is 11.7 Å². The van der Waals surface area contributed by atoms with Crippen molar-refractivity contribution in [2.75, 3.05) is 26.1 Å². The van der Waals surface area contributed by atoms with E-state index in [1.807, 2.05) is 13.2 Å². The molecule has 1 aliphatic rings. The molecule has 0 bridgehead atoms. The van der Waals surface area contributed by atoms with E-state index < -0.39 is 0 Å². The number of aromatic nitrogens is 2. The third-order valence-corrected chi connectivity index (χ3v) is 4.36. The Morgan fingerprint density at radius 2 is 2.35 bits per heavy atom. The molecular weight excluding hydrogens is 256 g/mol. The van der Waals surface area contributed by atoms with Gasteiger partial charge in [0.15, 0.2) is 0 Å². The summed E-state index contributed by atoms with van der Waals surface area (Å²) in [5.74, 6) is 0. The fourth-order valence-corrected chi connectivity index (χ4v) is 2.21. The van der Waals surface area contributed by atoms with Gasteiger partial charge < -0.3 is 15.0 Å². The van der Waals surface area contributed by atoms with Crippen molar-refractivity contribution in [1.82, 2.24) is 14.7 Å². The molecule has 0 radical (unpaired) electrons. The predicted octanol–water partition coefficient (Wildman–Crippen LogP) is 2.18. The molecule has 112 valence electrons. The molecule has 20 heavy (non-hydrogen) atoms. The number of hydrogen-bond donors (Lipinski definition) is 1. The number of nitrogens with one attached hydrogen (secondary N) is 1. The summed E-state index contributed by atoms with van der Waals surface area (Å²) in [6.45, 7) is 5.61. The minimum absolute atomic E-state index is 0.0862. The summed E-state index contributed by atoms with van der Waals surface area (Å²) in [6.07, 6.45) is 5.86. The zero-order valence-electron chi connectivity index (χ0n) is 12.7. The highest BCUT2D eigenvalue weighted by Gasteiger charge is 2.45. The summed E-state index contributed by atoms with van der Waals surface area (Å²) < 4.78 is 6.75. The van der Waals surface area contributed by atoms with Crippen LogP contribution in [-0.2, 0) is 11.3 Å². The Hall–Kier alpha value is -1.56. The molecule has 0 spiro atoms. The zero-order valence-corrected chi connectivity index (χ0v) is 12.7. The first-order valence-corrected chi connectivity index (χ1v) is 7.01. The Morgan fingerprint density at radius 3 is 2.95 bits per heavy atom. The molecule has 2 rings (SSSR count). The van der Waals surface area contributed by atoms with Crippen LogP contribution in [0, 0.1) is 5.41 Å². The van der Waals surface area contributed by atoms with Crippen LogP contribution in [0.25, 0.3) is 0 Å². The molecule has 0 saturated heterocycles. The van der Waals surface area contributed by atoms with Crippen molar-refractivity contribution in [3.8, 4) is 0 Å². The smallest absolute Gasteiger partial charge is 0.321 e. The number of urea groups is 1. The number of rotatable bonds is 6. The van der Waals surface area contributed by atoms with Crippen molar-refractivity contribution in [1.29, 1.82) is 0 Å². The Morgan fingerprint density at radius 1 is 1.65 bits per heavy atom.